The van der Waals surface area contributed by atoms with Crippen molar-refractivity contribution < 1.29 is 19.5 Å². The number of nitrogens with zero attached hydrogens (tertiary/aromatic N) is 1. The number of amides is 3. The minimum absolute atomic E-state index is 0.180. The summed E-state index contributed by atoms with van der Waals surface area (Å²) in [6, 6.07) is 0. The molecule has 1 spiro atoms. The minimum atomic E-state index is -1.48. The first-order valence-corrected chi connectivity index (χ1v) is 6.74. The third kappa shape index (κ3) is 2.94. The zero-order valence-corrected chi connectivity index (χ0v) is 10.9. The number of imide groups is 1. The zero-order chi connectivity index (χ0) is 14.0. The van der Waals surface area contributed by atoms with Crippen molar-refractivity contribution in [3.8, 4) is 0 Å². The number of hydrogen-bond acceptors (Lipinski definition) is 4. The first-order valence-electron chi connectivity index (χ1n) is 6.74. The van der Waals surface area contributed by atoms with Gasteiger partial charge in [0.05, 0.1) is 6.54 Å². The lowest BCUT2D eigenvalue weighted by molar-refractivity contribution is -0.156. The van der Waals surface area contributed by atoms with Crippen LogP contribution in [0.1, 0.15) is 44.9 Å². The average molecular weight is 268 g/mol. The van der Waals surface area contributed by atoms with Crippen LogP contribution in [0.4, 0.5) is 0 Å². The molecule has 1 atom stereocenters. The number of aliphatic hydroxyl groups excluding tert-OH is 1. The smallest absolute Gasteiger partial charge is 0.248 e. The Balaban J connectivity index is 2.04. The van der Waals surface area contributed by atoms with Crippen molar-refractivity contribution in [1.29, 1.82) is 0 Å². The van der Waals surface area contributed by atoms with E-state index in [1.54, 1.807) is 0 Å². The van der Waals surface area contributed by atoms with Gasteiger partial charge in [-0.2, -0.15) is 0 Å². The Bertz CT molecular complexity index is 381. The van der Waals surface area contributed by atoms with E-state index < -0.39 is 12.0 Å². The molecule has 3 amide bonds. The van der Waals surface area contributed by atoms with Gasteiger partial charge in [0.15, 0.2) is 6.10 Å². The third-order valence-corrected chi connectivity index (χ3v) is 4.25. The minimum Gasteiger partial charge on any atom is -0.381 e. The molecule has 1 saturated carbocycles. The van der Waals surface area contributed by atoms with E-state index in [0.29, 0.717) is 12.8 Å². The Hall–Kier alpha value is -1.43. The van der Waals surface area contributed by atoms with E-state index in [1.807, 2.05) is 0 Å². The van der Waals surface area contributed by atoms with E-state index >= 15 is 0 Å². The van der Waals surface area contributed by atoms with Crippen LogP contribution in [0.3, 0.4) is 0 Å². The number of carbonyl (C=O) groups excluding carboxylic acids is 3. The highest BCUT2D eigenvalue weighted by Crippen LogP contribution is 2.45. The van der Waals surface area contributed by atoms with Crippen LogP contribution in [0, 0.1) is 5.41 Å². The molecule has 2 rings (SSSR count). The molecule has 6 nitrogen and oxygen atoms in total. The summed E-state index contributed by atoms with van der Waals surface area (Å²) in [5, 5.41) is 9.40. The Morgan fingerprint density at radius 2 is 1.74 bits per heavy atom. The van der Waals surface area contributed by atoms with Gasteiger partial charge in [-0.1, -0.05) is 19.3 Å². The summed E-state index contributed by atoms with van der Waals surface area (Å²) in [5.74, 6) is -1.50. The second kappa shape index (κ2) is 5.28. The number of β-amino-alcohol motifs (C(OH)–C–C–N with tert-alkyl or cyclic N) is 1. The van der Waals surface area contributed by atoms with Crippen LogP contribution in [0.25, 0.3) is 0 Å². The highest BCUT2D eigenvalue weighted by Gasteiger charge is 2.44. The molecule has 2 aliphatic rings. The molecule has 1 heterocycles. The lowest BCUT2D eigenvalue weighted by Gasteiger charge is -2.42. The second-order valence-electron chi connectivity index (χ2n) is 5.73. The zero-order valence-electron chi connectivity index (χ0n) is 10.9. The predicted molar refractivity (Wildman–Crippen MR) is 66.7 cm³/mol. The summed E-state index contributed by atoms with van der Waals surface area (Å²) in [6.45, 7) is -0.316. The number of hydrogen-bond donors (Lipinski definition) is 2. The average Bonchev–Trinajstić information content (AvgIpc) is 2.34. The lowest BCUT2D eigenvalue weighted by atomic mass is 9.67. The molecular weight excluding hydrogens is 248 g/mol. The Morgan fingerprint density at radius 3 is 2.21 bits per heavy atom. The van der Waals surface area contributed by atoms with Crippen LogP contribution < -0.4 is 5.73 Å². The van der Waals surface area contributed by atoms with Crippen LogP contribution in [-0.2, 0) is 14.4 Å². The second-order valence-corrected chi connectivity index (χ2v) is 5.73. The Labute approximate surface area is 111 Å². The van der Waals surface area contributed by atoms with Crippen LogP contribution in [0.5, 0.6) is 0 Å². The molecule has 19 heavy (non-hydrogen) atoms. The number of aliphatic hydroxyl groups is 1. The van der Waals surface area contributed by atoms with Crippen molar-refractivity contribution >= 4 is 17.7 Å². The van der Waals surface area contributed by atoms with Gasteiger partial charge >= 0.3 is 0 Å². The van der Waals surface area contributed by atoms with E-state index in [9.17, 15) is 19.5 Å². The molecule has 3 N–H and O–H groups in total. The molecule has 0 bridgehead atoms. The summed E-state index contributed by atoms with van der Waals surface area (Å²) in [7, 11) is 0. The van der Waals surface area contributed by atoms with Gasteiger partial charge < -0.3 is 10.8 Å². The third-order valence-electron chi connectivity index (χ3n) is 4.25. The van der Waals surface area contributed by atoms with Gasteiger partial charge in [0.2, 0.25) is 17.7 Å². The number of rotatable bonds is 3. The monoisotopic (exact) mass is 268 g/mol. The molecule has 1 aliphatic carbocycles. The van der Waals surface area contributed by atoms with Gasteiger partial charge in [-0.05, 0) is 18.3 Å². The quantitative estimate of drug-likeness (QED) is 0.700. The number of carbonyl (C=O) groups is 3. The molecule has 1 saturated heterocycles. The predicted octanol–water partition coefficient (Wildman–Crippen LogP) is -0.0679. The van der Waals surface area contributed by atoms with Crippen molar-refractivity contribution in [3.05, 3.63) is 0 Å². The van der Waals surface area contributed by atoms with Gasteiger partial charge in [-0.15, -0.1) is 0 Å². The maximum atomic E-state index is 12.1. The van der Waals surface area contributed by atoms with Gasteiger partial charge in [0.1, 0.15) is 0 Å². The largest absolute Gasteiger partial charge is 0.381 e. The molecule has 2 fully saturated rings. The highest BCUT2D eigenvalue weighted by molar-refractivity contribution is 5.99. The summed E-state index contributed by atoms with van der Waals surface area (Å²) in [5.41, 5.74) is 4.76. The summed E-state index contributed by atoms with van der Waals surface area (Å²) < 4.78 is 0. The fourth-order valence-corrected chi connectivity index (χ4v) is 3.16. The first kappa shape index (κ1) is 14.0. The van der Waals surface area contributed by atoms with Crippen molar-refractivity contribution in [2.24, 2.45) is 11.1 Å². The molecule has 6 heteroatoms. The van der Waals surface area contributed by atoms with E-state index in [4.69, 9.17) is 5.73 Å². The first-order chi connectivity index (χ1) is 8.93. The van der Waals surface area contributed by atoms with Crippen LogP contribution in [-0.4, -0.2) is 40.4 Å². The number of likely N-dealkylation sites (tertiary alicyclic amines) is 1. The number of piperidine rings is 1. The van der Waals surface area contributed by atoms with Crippen molar-refractivity contribution in [1.82, 2.24) is 4.90 Å². The normalized spacial score (nSPS) is 24.6. The van der Waals surface area contributed by atoms with Crippen molar-refractivity contribution in [3.63, 3.8) is 0 Å². The van der Waals surface area contributed by atoms with Gasteiger partial charge in [0, 0.05) is 12.8 Å². The van der Waals surface area contributed by atoms with Crippen LogP contribution in [0.2, 0.25) is 0 Å². The van der Waals surface area contributed by atoms with E-state index in [2.05, 4.69) is 0 Å². The maximum Gasteiger partial charge on any atom is 0.248 e. The highest BCUT2D eigenvalue weighted by atomic mass is 16.3. The van der Waals surface area contributed by atoms with Crippen molar-refractivity contribution in [2.45, 2.75) is 51.0 Å². The van der Waals surface area contributed by atoms with Crippen LogP contribution in [0.15, 0.2) is 0 Å². The van der Waals surface area contributed by atoms with Gasteiger partial charge in [0.25, 0.3) is 0 Å². The molecule has 1 aliphatic heterocycles. The number of nitrogens with two attached hydrogens (primary N) is 1. The standard InChI is InChI=1S/C13H20N2O4/c14-12(19)9(16)8-15-10(17)6-13(7-11(15)18)4-2-1-3-5-13/h9,16H,1-8H2,(H2,14,19). The van der Waals surface area contributed by atoms with E-state index in [0.717, 1.165) is 37.0 Å². The Kier molecular flexibility index (Phi) is 3.89. The van der Waals surface area contributed by atoms with Crippen molar-refractivity contribution in [2.75, 3.05) is 6.54 Å². The van der Waals surface area contributed by atoms with E-state index in [-0.39, 0.29) is 23.8 Å². The summed E-state index contributed by atoms with van der Waals surface area (Å²) >= 11 is 0. The lowest BCUT2D eigenvalue weighted by Crippen LogP contribution is -2.52. The molecule has 0 radical (unpaired) electrons. The molecule has 1 unspecified atom stereocenters. The summed E-state index contributed by atoms with van der Waals surface area (Å²) in [4.78, 5) is 35.9. The fraction of sp³-hybridized carbons (Fsp3) is 0.769. The molecule has 106 valence electrons. The topological polar surface area (TPSA) is 101 Å². The van der Waals surface area contributed by atoms with Gasteiger partial charge in [-0.3, -0.25) is 19.3 Å². The molecule has 0 aromatic carbocycles. The van der Waals surface area contributed by atoms with E-state index in [1.165, 1.54) is 0 Å². The van der Waals surface area contributed by atoms with Crippen LogP contribution >= 0.6 is 0 Å². The molecule has 0 aromatic rings. The SMILES string of the molecule is NC(=O)C(O)CN1C(=O)CC2(CCCCC2)CC1=O. The molecule has 0 aromatic heterocycles. The molecular formula is C13H20N2O4. The number of primary amides is 1. The summed E-state index contributed by atoms with van der Waals surface area (Å²) in [6.07, 6.45) is 4.30. The maximum absolute atomic E-state index is 12.1. The van der Waals surface area contributed by atoms with Gasteiger partial charge in [-0.25, -0.2) is 0 Å². The Morgan fingerprint density at radius 1 is 1.21 bits per heavy atom. The fourth-order valence-electron chi connectivity index (χ4n) is 3.16.